The lowest BCUT2D eigenvalue weighted by molar-refractivity contribution is 0.130. The summed E-state index contributed by atoms with van der Waals surface area (Å²) in [4.78, 5) is 0. The molecule has 1 N–H and O–H groups in total. The van der Waals surface area contributed by atoms with Crippen molar-refractivity contribution >= 4 is 0 Å². The van der Waals surface area contributed by atoms with Gasteiger partial charge in [0.1, 0.15) is 0 Å². The first-order valence-electron chi connectivity index (χ1n) is 7.76. The van der Waals surface area contributed by atoms with Crippen LogP contribution >= 0.6 is 0 Å². The second-order valence-corrected chi connectivity index (χ2v) is 7.23. The van der Waals surface area contributed by atoms with E-state index in [1.807, 2.05) is 0 Å². The fourth-order valence-electron chi connectivity index (χ4n) is 3.37. The third kappa shape index (κ3) is 4.07. The van der Waals surface area contributed by atoms with Crippen molar-refractivity contribution in [1.29, 1.82) is 0 Å². The van der Waals surface area contributed by atoms with E-state index in [0.717, 1.165) is 12.5 Å². The van der Waals surface area contributed by atoms with Gasteiger partial charge in [0.15, 0.2) is 0 Å². The summed E-state index contributed by atoms with van der Waals surface area (Å²) < 4.78 is 0. The zero-order valence-electron chi connectivity index (χ0n) is 13.0. The van der Waals surface area contributed by atoms with Crippen LogP contribution in [-0.2, 0) is 6.54 Å². The average molecular weight is 259 g/mol. The number of benzene rings is 1. The molecule has 1 nitrogen and oxygen atoms in total. The molecule has 1 fully saturated rings. The first-order chi connectivity index (χ1) is 8.97. The highest BCUT2D eigenvalue weighted by Gasteiger charge is 2.33. The molecule has 0 radical (unpaired) electrons. The highest BCUT2D eigenvalue weighted by atomic mass is 14.9. The Bertz CT molecular complexity index is 385. The lowest BCUT2D eigenvalue weighted by Crippen LogP contribution is -2.43. The monoisotopic (exact) mass is 259 g/mol. The molecule has 2 rings (SSSR count). The summed E-state index contributed by atoms with van der Waals surface area (Å²) in [6.07, 6.45) is 5.52. The molecule has 2 unspecified atom stereocenters. The number of aryl methyl sites for hydroxylation is 1. The summed E-state index contributed by atoms with van der Waals surface area (Å²) in [7, 11) is 0. The molecular formula is C18H29N. The van der Waals surface area contributed by atoms with Gasteiger partial charge in [0.2, 0.25) is 0 Å². The molecule has 0 aromatic heterocycles. The molecule has 2 atom stereocenters. The predicted octanol–water partition coefficient (Wildman–Crippen LogP) is 4.69. The predicted molar refractivity (Wildman–Crippen MR) is 83.2 cm³/mol. The van der Waals surface area contributed by atoms with Crippen molar-refractivity contribution < 1.29 is 0 Å². The van der Waals surface area contributed by atoms with Crippen LogP contribution in [0.5, 0.6) is 0 Å². The number of hydrogen-bond acceptors (Lipinski definition) is 1. The number of rotatable bonds is 3. The molecule has 0 aliphatic heterocycles. The van der Waals surface area contributed by atoms with Crippen LogP contribution < -0.4 is 5.32 Å². The van der Waals surface area contributed by atoms with Crippen molar-refractivity contribution in [2.45, 2.75) is 66.0 Å². The SMILES string of the molecule is Cc1ccc(CNC2CCCCC2C(C)(C)C)cc1. The molecule has 1 aliphatic rings. The summed E-state index contributed by atoms with van der Waals surface area (Å²) in [6.45, 7) is 10.3. The topological polar surface area (TPSA) is 12.0 Å². The van der Waals surface area contributed by atoms with Crippen LogP contribution in [0, 0.1) is 18.3 Å². The third-order valence-electron chi connectivity index (χ3n) is 4.57. The normalized spacial score (nSPS) is 24.4. The highest BCUT2D eigenvalue weighted by molar-refractivity contribution is 5.21. The maximum Gasteiger partial charge on any atom is 0.0208 e. The van der Waals surface area contributed by atoms with Gasteiger partial charge in [0.25, 0.3) is 0 Å². The van der Waals surface area contributed by atoms with Gasteiger partial charge in [-0.05, 0) is 36.7 Å². The Morgan fingerprint density at radius 1 is 1.05 bits per heavy atom. The summed E-state index contributed by atoms with van der Waals surface area (Å²) in [5.74, 6) is 0.812. The van der Waals surface area contributed by atoms with Crippen LogP contribution in [0.15, 0.2) is 24.3 Å². The zero-order valence-corrected chi connectivity index (χ0v) is 13.0. The Kier molecular flexibility index (Phi) is 4.67. The van der Waals surface area contributed by atoms with E-state index in [9.17, 15) is 0 Å². The van der Waals surface area contributed by atoms with E-state index >= 15 is 0 Å². The molecule has 0 heterocycles. The highest BCUT2D eigenvalue weighted by Crippen LogP contribution is 2.38. The minimum atomic E-state index is 0.422. The third-order valence-corrected chi connectivity index (χ3v) is 4.57. The molecule has 1 heteroatoms. The standard InChI is InChI=1S/C18H29N/c1-14-9-11-15(12-10-14)13-19-17-8-6-5-7-16(17)18(2,3)4/h9-12,16-17,19H,5-8,13H2,1-4H3. The van der Waals surface area contributed by atoms with Gasteiger partial charge in [-0.3, -0.25) is 0 Å². The van der Waals surface area contributed by atoms with Crippen molar-refractivity contribution in [2.24, 2.45) is 11.3 Å². The fraction of sp³-hybridized carbons (Fsp3) is 0.667. The molecule has 0 amide bonds. The van der Waals surface area contributed by atoms with Gasteiger partial charge in [-0.15, -0.1) is 0 Å². The van der Waals surface area contributed by atoms with Gasteiger partial charge in [-0.25, -0.2) is 0 Å². The lowest BCUT2D eigenvalue weighted by atomic mass is 9.69. The molecule has 0 saturated heterocycles. The van der Waals surface area contributed by atoms with Crippen molar-refractivity contribution in [3.8, 4) is 0 Å². The molecule has 1 aromatic rings. The van der Waals surface area contributed by atoms with E-state index in [0.29, 0.717) is 11.5 Å². The summed E-state index contributed by atoms with van der Waals surface area (Å²) in [5, 5.41) is 3.81. The Labute approximate surface area is 118 Å². The van der Waals surface area contributed by atoms with Crippen LogP contribution in [0.3, 0.4) is 0 Å². The quantitative estimate of drug-likeness (QED) is 0.830. The van der Waals surface area contributed by atoms with Gasteiger partial charge in [-0.2, -0.15) is 0 Å². The van der Waals surface area contributed by atoms with E-state index in [2.05, 4.69) is 57.3 Å². The molecule has 1 saturated carbocycles. The largest absolute Gasteiger partial charge is 0.310 e. The molecule has 1 aromatic carbocycles. The van der Waals surface area contributed by atoms with Gasteiger partial charge in [0, 0.05) is 12.6 Å². The smallest absolute Gasteiger partial charge is 0.0208 e. The Morgan fingerprint density at radius 3 is 2.32 bits per heavy atom. The molecule has 19 heavy (non-hydrogen) atoms. The van der Waals surface area contributed by atoms with Gasteiger partial charge < -0.3 is 5.32 Å². The van der Waals surface area contributed by atoms with E-state index < -0.39 is 0 Å². The zero-order chi connectivity index (χ0) is 13.9. The second kappa shape index (κ2) is 6.09. The van der Waals surface area contributed by atoms with Crippen molar-refractivity contribution in [3.05, 3.63) is 35.4 Å². The van der Waals surface area contributed by atoms with Crippen molar-refractivity contribution in [1.82, 2.24) is 5.32 Å². The Morgan fingerprint density at radius 2 is 1.68 bits per heavy atom. The maximum atomic E-state index is 3.81. The minimum Gasteiger partial charge on any atom is -0.310 e. The van der Waals surface area contributed by atoms with Gasteiger partial charge >= 0.3 is 0 Å². The minimum absolute atomic E-state index is 0.422. The Balaban J connectivity index is 1.94. The molecule has 1 aliphatic carbocycles. The van der Waals surface area contributed by atoms with Gasteiger partial charge in [0.05, 0.1) is 0 Å². The first-order valence-corrected chi connectivity index (χ1v) is 7.76. The van der Waals surface area contributed by atoms with Crippen molar-refractivity contribution in [3.63, 3.8) is 0 Å². The molecular weight excluding hydrogens is 230 g/mol. The van der Waals surface area contributed by atoms with Crippen LogP contribution in [-0.4, -0.2) is 6.04 Å². The summed E-state index contributed by atoms with van der Waals surface area (Å²) in [5.41, 5.74) is 3.17. The van der Waals surface area contributed by atoms with Gasteiger partial charge in [-0.1, -0.05) is 63.4 Å². The van der Waals surface area contributed by atoms with E-state index in [4.69, 9.17) is 0 Å². The maximum absolute atomic E-state index is 3.81. The van der Waals surface area contributed by atoms with Crippen LogP contribution in [0.25, 0.3) is 0 Å². The van der Waals surface area contributed by atoms with Crippen molar-refractivity contribution in [2.75, 3.05) is 0 Å². The van der Waals surface area contributed by atoms with E-state index in [1.54, 1.807) is 0 Å². The second-order valence-electron chi connectivity index (χ2n) is 7.23. The Hall–Kier alpha value is -0.820. The summed E-state index contributed by atoms with van der Waals surface area (Å²) >= 11 is 0. The van der Waals surface area contributed by atoms with Crippen LogP contribution in [0.2, 0.25) is 0 Å². The molecule has 0 bridgehead atoms. The average Bonchev–Trinajstić information content (AvgIpc) is 2.37. The van der Waals surface area contributed by atoms with Crippen LogP contribution in [0.1, 0.15) is 57.6 Å². The summed E-state index contributed by atoms with van der Waals surface area (Å²) in [6, 6.07) is 9.60. The molecule has 0 spiro atoms. The van der Waals surface area contributed by atoms with E-state index in [-0.39, 0.29) is 0 Å². The molecule has 106 valence electrons. The first kappa shape index (κ1) is 14.6. The lowest BCUT2D eigenvalue weighted by Gasteiger charge is -2.41. The van der Waals surface area contributed by atoms with E-state index in [1.165, 1.54) is 36.8 Å². The fourth-order valence-corrected chi connectivity index (χ4v) is 3.37. The number of nitrogens with one attached hydrogen (secondary N) is 1. The van der Waals surface area contributed by atoms with Crippen LogP contribution in [0.4, 0.5) is 0 Å². The number of hydrogen-bond donors (Lipinski definition) is 1.